The van der Waals surface area contributed by atoms with Gasteiger partial charge in [-0.3, -0.25) is 10.3 Å². The van der Waals surface area contributed by atoms with Crippen LogP contribution in [0.5, 0.6) is 0 Å². The summed E-state index contributed by atoms with van der Waals surface area (Å²) < 4.78 is 1.04. The molecule has 0 radical (unpaired) electrons. The van der Waals surface area contributed by atoms with Crippen LogP contribution in [0.2, 0.25) is 0 Å². The van der Waals surface area contributed by atoms with E-state index >= 15 is 0 Å². The highest BCUT2D eigenvalue weighted by Gasteiger charge is 1.88. The Morgan fingerprint density at radius 3 is 2.90 bits per heavy atom. The van der Waals surface area contributed by atoms with E-state index < -0.39 is 0 Å². The Morgan fingerprint density at radius 1 is 1.50 bits per heavy atom. The molecule has 0 saturated carbocycles. The van der Waals surface area contributed by atoms with Crippen molar-refractivity contribution in [2.45, 2.75) is 0 Å². The number of anilines is 1. The molecule has 0 heterocycles. The molecule has 2 nitrogen and oxygen atoms in total. The van der Waals surface area contributed by atoms with Gasteiger partial charge in [-0.2, -0.15) is 0 Å². The molecule has 0 unspecified atom stereocenters. The molecular formula is C7H8BrNO. The molecule has 0 amide bonds. The van der Waals surface area contributed by atoms with Gasteiger partial charge in [0.2, 0.25) is 0 Å². The summed E-state index contributed by atoms with van der Waals surface area (Å²) in [6.45, 7) is 0. The fourth-order valence-electron chi connectivity index (χ4n) is 0.670. The first kappa shape index (κ1) is 7.57. The van der Waals surface area contributed by atoms with Gasteiger partial charge in [-0.15, -0.1) is 0 Å². The average molecular weight is 202 g/mol. The molecule has 0 saturated heterocycles. The minimum Gasteiger partial charge on any atom is -0.279 e. The van der Waals surface area contributed by atoms with Gasteiger partial charge in [0.1, 0.15) is 0 Å². The number of halogens is 1. The van der Waals surface area contributed by atoms with E-state index in [0.717, 1.165) is 10.2 Å². The number of nitrogens with one attached hydrogen (secondary N) is 1. The van der Waals surface area contributed by atoms with Crippen molar-refractivity contribution in [2.75, 3.05) is 12.6 Å². The van der Waals surface area contributed by atoms with Crippen molar-refractivity contribution < 1.29 is 4.84 Å². The summed E-state index contributed by atoms with van der Waals surface area (Å²) >= 11 is 3.34. The van der Waals surface area contributed by atoms with Crippen molar-refractivity contribution in [2.24, 2.45) is 0 Å². The number of rotatable bonds is 2. The molecule has 1 aromatic rings. The van der Waals surface area contributed by atoms with E-state index in [1.807, 2.05) is 24.3 Å². The van der Waals surface area contributed by atoms with Crippen LogP contribution < -0.4 is 5.48 Å². The molecule has 54 valence electrons. The van der Waals surface area contributed by atoms with Crippen LogP contribution >= 0.6 is 15.9 Å². The Hall–Kier alpha value is -0.540. The molecule has 1 aromatic carbocycles. The molecule has 0 aromatic heterocycles. The Morgan fingerprint density at radius 2 is 2.30 bits per heavy atom. The van der Waals surface area contributed by atoms with Crippen LogP contribution in [0.15, 0.2) is 28.7 Å². The van der Waals surface area contributed by atoms with Gasteiger partial charge in [0.25, 0.3) is 0 Å². The lowest BCUT2D eigenvalue weighted by atomic mass is 10.3. The molecule has 10 heavy (non-hydrogen) atoms. The third-order valence-electron chi connectivity index (χ3n) is 1.04. The Kier molecular flexibility index (Phi) is 2.71. The zero-order chi connectivity index (χ0) is 7.40. The lowest BCUT2D eigenvalue weighted by Gasteiger charge is -2.01. The van der Waals surface area contributed by atoms with Gasteiger partial charge >= 0.3 is 0 Å². The molecule has 0 aliphatic heterocycles. The third-order valence-corrected chi connectivity index (χ3v) is 1.54. The van der Waals surface area contributed by atoms with Gasteiger partial charge in [-0.05, 0) is 18.2 Å². The molecule has 0 fully saturated rings. The van der Waals surface area contributed by atoms with Crippen molar-refractivity contribution in [3.8, 4) is 0 Å². The first-order valence-electron chi connectivity index (χ1n) is 2.87. The maximum atomic E-state index is 4.71. The van der Waals surface area contributed by atoms with Crippen molar-refractivity contribution >= 4 is 21.6 Å². The highest BCUT2D eigenvalue weighted by molar-refractivity contribution is 9.10. The van der Waals surface area contributed by atoms with Gasteiger partial charge in [-0.25, -0.2) is 0 Å². The monoisotopic (exact) mass is 201 g/mol. The predicted molar refractivity (Wildman–Crippen MR) is 44.8 cm³/mol. The summed E-state index contributed by atoms with van der Waals surface area (Å²) in [5.74, 6) is 0. The van der Waals surface area contributed by atoms with Gasteiger partial charge in [0, 0.05) is 4.47 Å². The molecule has 3 heteroatoms. The summed E-state index contributed by atoms with van der Waals surface area (Å²) in [5.41, 5.74) is 3.66. The Labute approximate surface area is 68.3 Å². The van der Waals surface area contributed by atoms with E-state index in [2.05, 4.69) is 21.4 Å². The van der Waals surface area contributed by atoms with Gasteiger partial charge in [0.15, 0.2) is 0 Å². The molecule has 0 aliphatic rings. The van der Waals surface area contributed by atoms with E-state index in [1.165, 1.54) is 0 Å². The highest BCUT2D eigenvalue weighted by atomic mass is 79.9. The van der Waals surface area contributed by atoms with Crippen molar-refractivity contribution in [3.63, 3.8) is 0 Å². The Bertz CT molecular complexity index is 215. The first-order valence-corrected chi connectivity index (χ1v) is 3.67. The van der Waals surface area contributed by atoms with Crippen LogP contribution in [0.3, 0.4) is 0 Å². The fourth-order valence-corrected chi connectivity index (χ4v) is 1.07. The number of hydrogen-bond donors (Lipinski definition) is 1. The predicted octanol–water partition coefficient (Wildman–Crippen LogP) is 2.42. The fraction of sp³-hybridized carbons (Fsp3) is 0.143. The zero-order valence-corrected chi connectivity index (χ0v) is 7.18. The van der Waals surface area contributed by atoms with E-state index in [0.29, 0.717) is 0 Å². The molecule has 0 spiro atoms. The van der Waals surface area contributed by atoms with E-state index in [9.17, 15) is 0 Å². The number of benzene rings is 1. The van der Waals surface area contributed by atoms with Crippen LogP contribution in [0, 0.1) is 0 Å². The molecule has 0 aliphatic carbocycles. The van der Waals surface area contributed by atoms with Crippen molar-refractivity contribution in [3.05, 3.63) is 28.7 Å². The molecule has 0 bridgehead atoms. The molecule has 0 atom stereocenters. The lowest BCUT2D eigenvalue weighted by Crippen LogP contribution is -1.94. The normalized spacial score (nSPS) is 9.40. The van der Waals surface area contributed by atoms with E-state index in [1.54, 1.807) is 7.11 Å². The highest BCUT2D eigenvalue weighted by Crippen LogP contribution is 2.14. The van der Waals surface area contributed by atoms with Crippen LogP contribution in [-0.4, -0.2) is 7.11 Å². The summed E-state index contributed by atoms with van der Waals surface area (Å²) in [4.78, 5) is 4.71. The summed E-state index contributed by atoms with van der Waals surface area (Å²) in [5, 5.41) is 0. The van der Waals surface area contributed by atoms with Crippen molar-refractivity contribution in [1.29, 1.82) is 0 Å². The maximum absolute atomic E-state index is 4.71. The minimum atomic E-state index is 0.942. The smallest absolute Gasteiger partial charge is 0.0636 e. The van der Waals surface area contributed by atoms with E-state index in [4.69, 9.17) is 4.84 Å². The lowest BCUT2D eigenvalue weighted by molar-refractivity contribution is 0.271. The number of hydrogen-bond acceptors (Lipinski definition) is 2. The van der Waals surface area contributed by atoms with Crippen LogP contribution in [-0.2, 0) is 4.84 Å². The van der Waals surface area contributed by atoms with Crippen LogP contribution in [0.25, 0.3) is 0 Å². The quantitative estimate of drug-likeness (QED) is 0.743. The van der Waals surface area contributed by atoms with Crippen LogP contribution in [0.1, 0.15) is 0 Å². The zero-order valence-electron chi connectivity index (χ0n) is 5.60. The molecule has 1 rings (SSSR count). The summed E-state index contributed by atoms with van der Waals surface area (Å²) in [7, 11) is 1.58. The summed E-state index contributed by atoms with van der Waals surface area (Å²) in [6.07, 6.45) is 0. The second-order valence-electron chi connectivity index (χ2n) is 1.82. The topological polar surface area (TPSA) is 21.3 Å². The standard InChI is InChI=1S/C7H8BrNO/c1-10-9-7-4-2-3-6(8)5-7/h2-5,9H,1H3. The minimum absolute atomic E-state index is 0.942. The SMILES string of the molecule is CONc1cccc(Br)c1. The Balaban J connectivity index is 2.75. The second-order valence-corrected chi connectivity index (χ2v) is 2.73. The van der Waals surface area contributed by atoms with Gasteiger partial charge in [0.05, 0.1) is 12.8 Å². The largest absolute Gasteiger partial charge is 0.279 e. The van der Waals surface area contributed by atoms with Gasteiger partial charge < -0.3 is 0 Å². The van der Waals surface area contributed by atoms with E-state index in [-0.39, 0.29) is 0 Å². The third kappa shape index (κ3) is 2.01. The second kappa shape index (κ2) is 3.58. The average Bonchev–Trinajstić information content (AvgIpc) is 1.88. The van der Waals surface area contributed by atoms with Crippen LogP contribution in [0.4, 0.5) is 5.69 Å². The van der Waals surface area contributed by atoms with Crippen molar-refractivity contribution in [1.82, 2.24) is 0 Å². The summed E-state index contributed by atoms with van der Waals surface area (Å²) in [6, 6.07) is 7.75. The van der Waals surface area contributed by atoms with Gasteiger partial charge in [-0.1, -0.05) is 22.0 Å². The molecular weight excluding hydrogens is 194 g/mol. The first-order chi connectivity index (χ1) is 4.83. The maximum Gasteiger partial charge on any atom is 0.0636 e. The molecule has 1 N–H and O–H groups in total.